The van der Waals surface area contributed by atoms with E-state index < -0.39 is 23.7 Å². The number of aliphatic hydroxyl groups excluding tert-OH is 1. The van der Waals surface area contributed by atoms with Crippen LogP contribution in [-0.2, 0) is 9.53 Å². The minimum Gasteiger partial charge on any atom is -0.465 e. The molecule has 21 heavy (non-hydrogen) atoms. The van der Waals surface area contributed by atoms with E-state index in [1.807, 2.05) is 0 Å². The van der Waals surface area contributed by atoms with E-state index in [1.165, 1.54) is 20.8 Å². The molecule has 1 N–H and O–H groups in total. The van der Waals surface area contributed by atoms with Crippen molar-refractivity contribution < 1.29 is 23.4 Å². The van der Waals surface area contributed by atoms with Gasteiger partial charge in [-0.2, -0.15) is 0 Å². The van der Waals surface area contributed by atoms with Gasteiger partial charge in [0.25, 0.3) is 0 Å². The molecular weight excluding hydrogens is 278 g/mol. The van der Waals surface area contributed by atoms with Gasteiger partial charge in [-0.15, -0.1) is 0 Å². The molecule has 3 nitrogen and oxygen atoms in total. The summed E-state index contributed by atoms with van der Waals surface area (Å²) < 4.78 is 32.5. The third-order valence-electron chi connectivity index (χ3n) is 3.35. The van der Waals surface area contributed by atoms with Crippen molar-refractivity contribution in [2.75, 3.05) is 7.11 Å². The Kier molecular flexibility index (Phi) is 5.38. The minimum atomic E-state index is -0.955. The number of aliphatic hydroxyl groups is 1. The van der Waals surface area contributed by atoms with Crippen molar-refractivity contribution in [2.24, 2.45) is 0 Å². The number of carbonyl (C=O) groups is 1. The van der Waals surface area contributed by atoms with Gasteiger partial charge in [-0.1, -0.05) is 6.58 Å². The summed E-state index contributed by atoms with van der Waals surface area (Å²) >= 11 is 0. The fourth-order valence-electron chi connectivity index (χ4n) is 1.98. The van der Waals surface area contributed by atoms with E-state index in [4.69, 9.17) is 0 Å². The number of hydrogen-bond donors (Lipinski definition) is 1. The Labute approximate surface area is 122 Å². The summed E-state index contributed by atoms with van der Waals surface area (Å²) in [5.41, 5.74) is 0.173. The maximum atomic E-state index is 14.2. The number of benzene rings is 1. The largest absolute Gasteiger partial charge is 0.465 e. The first-order chi connectivity index (χ1) is 9.72. The van der Waals surface area contributed by atoms with Gasteiger partial charge in [0.2, 0.25) is 0 Å². The predicted octanol–water partition coefficient (Wildman–Crippen LogP) is 3.16. The van der Waals surface area contributed by atoms with Gasteiger partial charge in [-0.25, -0.2) is 13.6 Å². The summed E-state index contributed by atoms with van der Waals surface area (Å²) in [6, 6.07) is 1.97. The molecule has 0 aliphatic heterocycles. The number of methoxy groups -OCH3 is 1. The smallest absolute Gasteiger partial charge is 0.337 e. The fraction of sp³-hybridized carbons (Fsp3) is 0.312. The number of carbonyl (C=O) groups excluding carboxylic acids is 1. The first-order valence-electron chi connectivity index (χ1n) is 6.33. The van der Waals surface area contributed by atoms with Crippen LogP contribution in [0.25, 0.3) is 5.57 Å². The second kappa shape index (κ2) is 6.63. The molecular formula is C16H18F2O3. The van der Waals surface area contributed by atoms with Gasteiger partial charge in [0.15, 0.2) is 0 Å². The molecule has 1 aromatic rings. The van der Waals surface area contributed by atoms with Crippen molar-refractivity contribution in [3.05, 3.63) is 52.6 Å². The lowest BCUT2D eigenvalue weighted by Gasteiger charge is -2.18. The second-order valence-electron chi connectivity index (χ2n) is 4.73. The maximum Gasteiger partial charge on any atom is 0.337 e. The van der Waals surface area contributed by atoms with Crippen LogP contribution in [0.15, 0.2) is 29.9 Å². The third kappa shape index (κ3) is 3.36. The van der Waals surface area contributed by atoms with E-state index in [9.17, 15) is 18.7 Å². The van der Waals surface area contributed by atoms with Crippen molar-refractivity contribution in [1.29, 1.82) is 0 Å². The lowest BCUT2D eigenvalue weighted by atomic mass is 9.89. The number of rotatable bonds is 4. The predicted molar refractivity (Wildman–Crippen MR) is 76.5 cm³/mol. The van der Waals surface area contributed by atoms with Crippen molar-refractivity contribution in [3.8, 4) is 0 Å². The zero-order valence-corrected chi connectivity index (χ0v) is 12.5. The van der Waals surface area contributed by atoms with Gasteiger partial charge in [0.1, 0.15) is 11.6 Å². The third-order valence-corrected chi connectivity index (χ3v) is 3.35. The summed E-state index contributed by atoms with van der Waals surface area (Å²) in [7, 11) is 1.16. The molecule has 0 saturated heterocycles. The van der Waals surface area contributed by atoms with Crippen LogP contribution >= 0.6 is 0 Å². The molecule has 1 aromatic carbocycles. The Balaban J connectivity index is 3.70. The van der Waals surface area contributed by atoms with E-state index in [2.05, 4.69) is 11.3 Å². The van der Waals surface area contributed by atoms with Crippen LogP contribution < -0.4 is 0 Å². The number of hydrogen-bond acceptors (Lipinski definition) is 3. The number of halogens is 2. The van der Waals surface area contributed by atoms with Crippen LogP contribution in [-0.4, -0.2) is 24.3 Å². The van der Waals surface area contributed by atoms with Crippen LogP contribution in [0.5, 0.6) is 0 Å². The van der Waals surface area contributed by atoms with E-state index in [1.54, 1.807) is 0 Å². The van der Waals surface area contributed by atoms with Crippen molar-refractivity contribution >= 4 is 11.5 Å². The lowest BCUT2D eigenvalue weighted by Crippen LogP contribution is -2.13. The van der Waals surface area contributed by atoms with Crippen molar-refractivity contribution in [2.45, 2.75) is 26.9 Å². The molecule has 1 unspecified atom stereocenters. The average molecular weight is 296 g/mol. The molecule has 0 aliphatic rings. The maximum absolute atomic E-state index is 14.2. The molecule has 114 valence electrons. The Bertz CT molecular complexity index is 616. The summed E-state index contributed by atoms with van der Waals surface area (Å²) in [5, 5.41) is 9.74. The van der Waals surface area contributed by atoms with E-state index in [0.717, 1.165) is 19.2 Å². The van der Waals surface area contributed by atoms with E-state index in [-0.39, 0.29) is 22.3 Å². The Hall–Kier alpha value is -2.01. The average Bonchev–Trinajstić information content (AvgIpc) is 2.45. The quantitative estimate of drug-likeness (QED) is 0.527. The van der Waals surface area contributed by atoms with Crippen LogP contribution in [0.4, 0.5) is 8.78 Å². The molecule has 1 atom stereocenters. The highest BCUT2D eigenvalue weighted by Gasteiger charge is 2.24. The molecule has 0 aromatic heterocycles. The number of ether oxygens (including phenoxy) is 1. The molecule has 0 heterocycles. The standard InChI is InChI=1S/C16H18F2O3/c1-8(11(4)19)14(10(3)16(20)21-5)15-9(2)12(17)6-7-13(15)18/h6-7,11,19H,3H2,1-2,4-5H3/b14-8-. The molecule has 0 saturated carbocycles. The van der Waals surface area contributed by atoms with Gasteiger partial charge in [-0.3, -0.25) is 0 Å². The summed E-state index contributed by atoms with van der Waals surface area (Å²) in [5.74, 6) is -2.08. The Morgan fingerprint density at radius 3 is 2.33 bits per heavy atom. The van der Waals surface area contributed by atoms with Crippen LogP contribution in [0.3, 0.4) is 0 Å². The normalized spacial score (nSPS) is 13.5. The highest BCUT2D eigenvalue weighted by molar-refractivity contribution is 6.06. The van der Waals surface area contributed by atoms with Crippen molar-refractivity contribution in [3.63, 3.8) is 0 Å². The highest BCUT2D eigenvalue weighted by Crippen LogP contribution is 2.33. The van der Waals surface area contributed by atoms with Crippen molar-refractivity contribution in [1.82, 2.24) is 0 Å². The minimum absolute atomic E-state index is 0.0371. The van der Waals surface area contributed by atoms with Crippen LogP contribution in [0.1, 0.15) is 25.0 Å². The zero-order valence-electron chi connectivity index (χ0n) is 12.5. The monoisotopic (exact) mass is 296 g/mol. The van der Waals surface area contributed by atoms with Gasteiger partial charge >= 0.3 is 5.97 Å². The zero-order chi connectivity index (χ0) is 16.3. The first-order valence-corrected chi connectivity index (χ1v) is 6.33. The second-order valence-corrected chi connectivity index (χ2v) is 4.73. The summed E-state index contributed by atoms with van der Waals surface area (Å²) in [6.07, 6.45) is -0.955. The van der Waals surface area contributed by atoms with Gasteiger partial charge < -0.3 is 9.84 Å². The van der Waals surface area contributed by atoms with Crippen LogP contribution in [0, 0.1) is 18.6 Å². The molecule has 0 fully saturated rings. The van der Waals surface area contributed by atoms with E-state index in [0.29, 0.717) is 5.57 Å². The Morgan fingerprint density at radius 1 is 1.33 bits per heavy atom. The Morgan fingerprint density at radius 2 is 1.86 bits per heavy atom. The topological polar surface area (TPSA) is 46.5 Å². The molecule has 5 heteroatoms. The molecule has 0 amide bonds. The summed E-state index contributed by atoms with van der Waals surface area (Å²) in [6.45, 7) is 7.97. The fourth-order valence-corrected chi connectivity index (χ4v) is 1.98. The van der Waals surface area contributed by atoms with E-state index >= 15 is 0 Å². The number of esters is 1. The lowest BCUT2D eigenvalue weighted by molar-refractivity contribution is -0.135. The molecule has 0 spiro atoms. The SMILES string of the molecule is C=C(C(=O)OC)/C(=C(\C)C(C)O)c1c(F)ccc(F)c1C. The molecule has 0 bridgehead atoms. The first kappa shape index (κ1) is 17.0. The van der Waals surface area contributed by atoms with Crippen LogP contribution in [0.2, 0.25) is 0 Å². The molecule has 0 aliphatic carbocycles. The van der Waals surface area contributed by atoms with Gasteiger partial charge in [0.05, 0.1) is 18.8 Å². The summed E-state index contributed by atoms with van der Waals surface area (Å²) in [4.78, 5) is 11.7. The van der Waals surface area contributed by atoms with Gasteiger partial charge in [-0.05, 0) is 44.0 Å². The van der Waals surface area contributed by atoms with Gasteiger partial charge in [0, 0.05) is 11.1 Å². The highest BCUT2D eigenvalue weighted by atomic mass is 19.1. The molecule has 1 rings (SSSR count). The molecule has 0 radical (unpaired) electrons.